The number of halogens is 2. The molecule has 2 fully saturated rings. The smallest absolute Gasteiger partial charge is 0.101 e. The minimum atomic E-state index is 0.398. The van der Waals surface area contributed by atoms with Crippen molar-refractivity contribution in [3.8, 4) is 6.07 Å². The van der Waals surface area contributed by atoms with Gasteiger partial charge in [-0.1, -0.05) is 54.4 Å². The largest absolute Gasteiger partial charge is 0.306 e. The van der Waals surface area contributed by atoms with Crippen molar-refractivity contribution in [3.05, 3.63) is 69.2 Å². The van der Waals surface area contributed by atoms with Crippen LogP contribution in [0, 0.1) is 23.2 Å². The van der Waals surface area contributed by atoms with Gasteiger partial charge >= 0.3 is 0 Å². The van der Waals surface area contributed by atoms with Crippen LogP contribution < -0.4 is 0 Å². The lowest BCUT2D eigenvalue weighted by Crippen LogP contribution is -2.43. The van der Waals surface area contributed by atoms with Crippen molar-refractivity contribution in [2.24, 2.45) is 11.8 Å². The van der Waals surface area contributed by atoms with Gasteiger partial charge in [0, 0.05) is 17.6 Å². The summed E-state index contributed by atoms with van der Waals surface area (Å²) in [6, 6.07) is 17.1. The van der Waals surface area contributed by atoms with Crippen LogP contribution in [-0.4, -0.2) is 49.1 Å². The second-order valence-corrected chi connectivity index (χ2v) is 10.8. The van der Waals surface area contributed by atoms with E-state index in [1.165, 1.54) is 56.6 Å². The van der Waals surface area contributed by atoms with E-state index >= 15 is 0 Å². The predicted molar refractivity (Wildman–Crippen MR) is 138 cm³/mol. The van der Waals surface area contributed by atoms with Crippen molar-refractivity contribution in [1.82, 2.24) is 9.80 Å². The van der Waals surface area contributed by atoms with Gasteiger partial charge in [0.05, 0.1) is 10.6 Å². The molecule has 33 heavy (non-hydrogen) atoms. The number of hydrogen-bond donors (Lipinski definition) is 0. The summed E-state index contributed by atoms with van der Waals surface area (Å²) in [5, 5.41) is 10.6. The SMILES string of the molecule is C[C@H](c1ccccc1Cl)C(CCc1ccc(C#N)c(Cl)c1)C1CCN(C2CCN(C)CC2)C1. The highest BCUT2D eigenvalue weighted by molar-refractivity contribution is 6.32. The third kappa shape index (κ3) is 5.92. The Hall–Kier alpha value is -1.57. The molecular weight excluding hydrogens is 449 g/mol. The van der Waals surface area contributed by atoms with Crippen LogP contribution >= 0.6 is 23.2 Å². The predicted octanol–water partition coefficient (Wildman–Crippen LogP) is 6.63. The Kier molecular flexibility index (Phi) is 8.36. The van der Waals surface area contributed by atoms with Gasteiger partial charge < -0.3 is 4.90 Å². The Bertz CT molecular complexity index is 977. The highest BCUT2D eigenvalue weighted by atomic mass is 35.5. The van der Waals surface area contributed by atoms with Crippen LogP contribution in [0.2, 0.25) is 10.0 Å². The monoisotopic (exact) mass is 483 g/mol. The average molecular weight is 485 g/mol. The summed E-state index contributed by atoms with van der Waals surface area (Å²) in [5.74, 6) is 1.62. The Morgan fingerprint density at radius 2 is 1.79 bits per heavy atom. The molecule has 0 bridgehead atoms. The molecule has 2 aliphatic rings. The minimum Gasteiger partial charge on any atom is -0.306 e. The molecule has 0 amide bonds. The molecule has 2 unspecified atom stereocenters. The minimum absolute atomic E-state index is 0.398. The molecule has 2 heterocycles. The van der Waals surface area contributed by atoms with Gasteiger partial charge in [0.2, 0.25) is 0 Å². The standard InChI is InChI=1S/C28H35Cl2N3/c1-20(26-5-3-4-6-27(26)29)25(10-8-21-7-9-22(18-31)28(30)17-21)23-11-16-33(19-23)24-12-14-32(2)15-13-24/h3-7,9,17,20,23-25H,8,10-16,19H2,1-2H3/t20-,23?,25?/m0/s1. The molecule has 0 spiro atoms. The highest BCUT2D eigenvalue weighted by Gasteiger charge is 2.36. The molecule has 0 aromatic heterocycles. The summed E-state index contributed by atoms with van der Waals surface area (Å²) in [7, 11) is 2.24. The number of likely N-dealkylation sites (tertiary alicyclic amines) is 2. The van der Waals surface area contributed by atoms with Crippen molar-refractivity contribution in [2.45, 2.75) is 51.0 Å². The fourth-order valence-electron chi connectivity index (χ4n) is 5.96. The first kappa shape index (κ1) is 24.6. The molecule has 0 N–H and O–H groups in total. The normalized spacial score (nSPS) is 22.2. The molecular formula is C28H35Cl2N3. The van der Waals surface area contributed by atoms with Crippen LogP contribution in [0.1, 0.15) is 55.2 Å². The molecule has 176 valence electrons. The molecule has 2 saturated heterocycles. The zero-order valence-corrected chi connectivity index (χ0v) is 21.3. The van der Waals surface area contributed by atoms with Crippen LogP contribution in [-0.2, 0) is 6.42 Å². The number of hydrogen-bond acceptors (Lipinski definition) is 3. The Balaban J connectivity index is 1.50. The maximum absolute atomic E-state index is 9.19. The first-order valence-electron chi connectivity index (χ1n) is 12.3. The van der Waals surface area contributed by atoms with E-state index in [1.807, 2.05) is 24.3 Å². The summed E-state index contributed by atoms with van der Waals surface area (Å²) < 4.78 is 0. The van der Waals surface area contributed by atoms with E-state index in [4.69, 9.17) is 23.2 Å². The van der Waals surface area contributed by atoms with E-state index in [0.29, 0.717) is 28.3 Å². The first-order chi connectivity index (χ1) is 16.0. The van der Waals surface area contributed by atoms with E-state index in [-0.39, 0.29) is 0 Å². The van der Waals surface area contributed by atoms with Crippen molar-refractivity contribution in [2.75, 3.05) is 33.2 Å². The highest BCUT2D eigenvalue weighted by Crippen LogP contribution is 2.41. The molecule has 2 aliphatic heterocycles. The fraction of sp³-hybridized carbons (Fsp3) is 0.536. The van der Waals surface area contributed by atoms with Crippen LogP contribution in [0.15, 0.2) is 42.5 Å². The molecule has 0 aliphatic carbocycles. The molecule has 3 nitrogen and oxygen atoms in total. The molecule has 4 rings (SSSR count). The van der Waals surface area contributed by atoms with Crippen LogP contribution in [0.4, 0.5) is 0 Å². The van der Waals surface area contributed by atoms with Gasteiger partial charge in [0.15, 0.2) is 0 Å². The van der Waals surface area contributed by atoms with Crippen LogP contribution in [0.25, 0.3) is 0 Å². The molecule has 3 atom stereocenters. The Morgan fingerprint density at radius 3 is 2.48 bits per heavy atom. The third-order valence-corrected chi connectivity index (χ3v) is 8.68. The zero-order valence-electron chi connectivity index (χ0n) is 19.8. The van der Waals surface area contributed by atoms with Gasteiger partial charge in [-0.15, -0.1) is 0 Å². The van der Waals surface area contributed by atoms with Crippen LogP contribution in [0.3, 0.4) is 0 Å². The van der Waals surface area contributed by atoms with E-state index < -0.39 is 0 Å². The zero-order chi connectivity index (χ0) is 23.4. The van der Waals surface area contributed by atoms with Gasteiger partial charge in [-0.3, -0.25) is 4.90 Å². The molecule has 2 aromatic carbocycles. The quantitative estimate of drug-likeness (QED) is 0.442. The second-order valence-electron chi connectivity index (χ2n) is 10.0. The fourth-order valence-corrected chi connectivity index (χ4v) is 6.52. The summed E-state index contributed by atoms with van der Waals surface area (Å²) in [5.41, 5.74) is 3.02. The van der Waals surface area contributed by atoms with Crippen molar-refractivity contribution in [1.29, 1.82) is 5.26 Å². The van der Waals surface area contributed by atoms with Crippen LogP contribution in [0.5, 0.6) is 0 Å². The molecule has 0 saturated carbocycles. The number of aryl methyl sites for hydroxylation is 1. The average Bonchev–Trinajstić information content (AvgIpc) is 3.30. The van der Waals surface area contributed by atoms with Gasteiger partial charge in [-0.25, -0.2) is 0 Å². The Morgan fingerprint density at radius 1 is 1.03 bits per heavy atom. The van der Waals surface area contributed by atoms with Gasteiger partial charge in [-0.2, -0.15) is 5.26 Å². The topological polar surface area (TPSA) is 30.3 Å². The number of nitriles is 1. The second kappa shape index (κ2) is 11.2. The first-order valence-corrected chi connectivity index (χ1v) is 13.1. The lowest BCUT2D eigenvalue weighted by Gasteiger charge is -2.36. The lowest BCUT2D eigenvalue weighted by atomic mass is 9.75. The molecule has 0 radical (unpaired) electrons. The van der Waals surface area contributed by atoms with Crippen molar-refractivity contribution in [3.63, 3.8) is 0 Å². The number of rotatable bonds is 7. The van der Waals surface area contributed by atoms with Gasteiger partial charge in [-0.05, 0) is 106 Å². The van der Waals surface area contributed by atoms with Gasteiger partial charge in [0.25, 0.3) is 0 Å². The van der Waals surface area contributed by atoms with Crippen molar-refractivity contribution >= 4 is 23.2 Å². The summed E-state index contributed by atoms with van der Waals surface area (Å²) in [6.45, 7) is 7.20. The number of piperidine rings is 1. The van der Waals surface area contributed by atoms with E-state index in [2.05, 4.69) is 48.0 Å². The summed E-state index contributed by atoms with van der Waals surface area (Å²) in [6.07, 6.45) is 5.91. The number of nitrogens with zero attached hydrogens (tertiary/aromatic N) is 3. The number of benzene rings is 2. The maximum atomic E-state index is 9.19. The van der Waals surface area contributed by atoms with E-state index in [1.54, 1.807) is 0 Å². The summed E-state index contributed by atoms with van der Waals surface area (Å²) >= 11 is 13.0. The Labute approximate surface area is 209 Å². The third-order valence-electron chi connectivity index (χ3n) is 8.02. The van der Waals surface area contributed by atoms with E-state index in [0.717, 1.165) is 23.9 Å². The maximum Gasteiger partial charge on any atom is 0.101 e. The van der Waals surface area contributed by atoms with Crippen molar-refractivity contribution < 1.29 is 0 Å². The summed E-state index contributed by atoms with van der Waals surface area (Å²) in [4.78, 5) is 5.22. The molecule has 5 heteroatoms. The molecule has 2 aromatic rings. The van der Waals surface area contributed by atoms with Gasteiger partial charge in [0.1, 0.15) is 6.07 Å². The van der Waals surface area contributed by atoms with E-state index in [9.17, 15) is 5.26 Å². The lowest BCUT2D eigenvalue weighted by molar-refractivity contribution is 0.133.